The first kappa shape index (κ1) is 35.6. The first-order valence-electron chi connectivity index (χ1n) is 17.0. The number of aliphatic carboxylic acids is 2. The summed E-state index contributed by atoms with van der Waals surface area (Å²) in [5.41, 5.74) is -0.197. The Morgan fingerprint density at radius 1 is 0.578 bits per heavy atom. The fourth-order valence-electron chi connectivity index (χ4n) is 7.56. The highest BCUT2D eigenvalue weighted by atomic mass is 16.5. The maximum absolute atomic E-state index is 12.9. The van der Waals surface area contributed by atoms with Crippen LogP contribution in [0.25, 0.3) is 0 Å². The monoisotopic (exact) mass is 638 g/mol. The number of aliphatic hydroxyl groups excluding tert-OH is 2. The topological polar surface area (TPSA) is 192 Å². The number of nitrogens with one attached hydrogen (secondary N) is 2. The van der Waals surface area contributed by atoms with E-state index in [-0.39, 0.29) is 54.4 Å². The van der Waals surface area contributed by atoms with Crippen LogP contribution in [0.5, 0.6) is 0 Å². The maximum atomic E-state index is 12.9. The van der Waals surface area contributed by atoms with E-state index in [0.717, 1.165) is 51.4 Å². The molecule has 4 aliphatic carbocycles. The smallest absolute Gasteiger partial charge is 0.307 e. The number of rotatable bonds is 12. The number of hydrogen-bond acceptors (Lipinski definition) is 8. The van der Waals surface area contributed by atoms with E-state index in [9.17, 15) is 39.6 Å². The number of hydrogen-bond donors (Lipinski definition) is 6. The van der Waals surface area contributed by atoms with Crippen LogP contribution in [-0.2, 0) is 28.7 Å². The third kappa shape index (κ3) is 10.4. The van der Waals surface area contributed by atoms with Gasteiger partial charge < -0.3 is 40.5 Å². The lowest BCUT2D eigenvalue weighted by Gasteiger charge is -2.36. The summed E-state index contributed by atoms with van der Waals surface area (Å²) in [5, 5.41) is 45.0. The molecule has 0 aromatic heterocycles. The Kier molecular flexibility index (Phi) is 12.7. The van der Waals surface area contributed by atoms with Gasteiger partial charge in [-0.15, -0.1) is 0 Å². The highest BCUT2D eigenvalue weighted by Gasteiger charge is 2.41. The van der Waals surface area contributed by atoms with Crippen molar-refractivity contribution in [1.29, 1.82) is 0 Å². The van der Waals surface area contributed by atoms with Crippen molar-refractivity contribution in [3.63, 3.8) is 0 Å². The van der Waals surface area contributed by atoms with Crippen molar-refractivity contribution in [3.8, 4) is 0 Å². The van der Waals surface area contributed by atoms with Crippen LogP contribution in [0.4, 0.5) is 0 Å². The number of carbonyl (C=O) groups is 4. The molecule has 2 amide bonds. The van der Waals surface area contributed by atoms with Gasteiger partial charge >= 0.3 is 11.9 Å². The molecule has 4 rings (SSSR count). The molecule has 12 heteroatoms. The van der Waals surface area contributed by atoms with Gasteiger partial charge in [0.2, 0.25) is 11.8 Å². The molecule has 0 heterocycles. The third-order valence-electron chi connectivity index (χ3n) is 10.4. The number of carboxylic acid groups (broad SMARTS) is 2. The molecule has 45 heavy (non-hydrogen) atoms. The molecular formula is C33H54N2O10. The largest absolute Gasteiger partial charge is 0.481 e. The molecule has 6 atom stereocenters. The molecule has 6 N–H and O–H groups in total. The SMILES string of the molecule is CC(C)(COC1CCC(NC(=O)C2CC(O)CCC2C(=O)O)CC1)COC1CCC(NC(=O)C2CC(O)CCC2C(=O)O)CC1. The molecule has 0 radical (unpaired) electrons. The Balaban J connectivity index is 1.11. The predicted octanol–water partition coefficient (Wildman–Crippen LogP) is 2.62. The van der Waals surface area contributed by atoms with Crippen LogP contribution in [-0.4, -0.2) is 93.9 Å². The van der Waals surface area contributed by atoms with Crippen molar-refractivity contribution in [1.82, 2.24) is 10.6 Å². The summed E-state index contributed by atoms with van der Waals surface area (Å²) in [7, 11) is 0. The molecule has 4 aliphatic rings. The minimum atomic E-state index is -0.976. The number of amides is 2. The second-order valence-corrected chi connectivity index (χ2v) is 14.8. The third-order valence-corrected chi connectivity index (χ3v) is 10.4. The van der Waals surface area contributed by atoms with Gasteiger partial charge in [-0.25, -0.2) is 0 Å². The summed E-state index contributed by atoms with van der Waals surface area (Å²) in [6.45, 7) is 5.30. The Bertz CT molecular complexity index is 943. The summed E-state index contributed by atoms with van der Waals surface area (Å²) < 4.78 is 12.5. The zero-order valence-electron chi connectivity index (χ0n) is 26.8. The average Bonchev–Trinajstić information content (AvgIpc) is 3.00. The number of ether oxygens (including phenoxy) is 2. The molecule has 4 fully saturated rings. The summed E-state index contributed by atoms with van der Waals surface area (Å²) in [6, 6.07) is -0.0371. The van der Waals surface area contributed by atoms with Crippen molar-refractivity contribution >= 4 is 23.8 Å². The van der Waals surface area contributed by atoms with Crippen LogP contribution in [0.15, 0.2) is 0 Å². The Morgan fingerprint density at radius 3 is 1.27 bits per heavy atom. The van der Waals surface area contributed by atoms with Crippen LogP contribution < -0.4 is 10.6 Å². The second-order valence-electron chi connectivity index (χ2n) is 14.8. The molecule has 0 aliphatic heterocycles. The van der Waals surface area contributed by atoms with E-state index >= 15 is 0 Å². The van der Waals surface area contributed by atoms with Crippen LogP contribution in [0.3, 0.4) is 0 Å². The van der Waals surface area contributed by atoms with Crippen molar-refractivity contribution in [2.75, 3.05) is 13.2 Å². The van der Waals surface area contributed by atoms with E-state index < -0.39 is 47.8 Å². The number of carboxylic acids is 2. The summed E-state index contributed by atoms with van der Waals surface area (Å²) in [6.07, 6.45) is 7.03. The number of carbonyl (C=O) groups excluding carboxylic acids is 2. The predicted molar refractivity (Wildman–Crippen MR) is 163 cm³/mol. The molecule has 0 bridgehead atoms. The Morgan fingerprint density at radius 2 is 0.933 bits per heavy atom. The lowest BCUT2D eigenvalue weighted by molar-refractivity contribution is -0.151. The zero-order chi connectivity index (χ0) is 32.7. The van der Waals surface area contributed by atoms with E-state index in [1.54, 1.807) is 0 Å². The van der Waals surface area contributed by atoms with Gasteiger partial charge in [0.15, 0.2) is 0 Å². The lowest BCUT2D eigenvalue weighted by Crippen LogP contribution is -2.47. The Labute approximate surface area is 266 Å². The van der Waals surface area contributed by atoms with E-state index in [1.807, 2.05) is 0 Å². The standard InChI is InChI=1S/C33H54N2O10/c1-33(2,17-44-23-9-3-19(4-10-23)34-29(38)27-15-21(36)7-13-25(27)31(40)41)18-45-24-11-5-20(6-12-24)35-30(39)28-16-22(37)8-14-26(28)32(42)43/h19-28,36-37H,3-18H2,1-2H3,(H,34,38)(H,35,39)(H,40,41)(H,42,43). The van der Waals surface area contributed by atoms with Crippen molar-refractivity contribution < 1.29 is 49.1 Å². The molecule has 12 nitrogen and oxygen atoms in total. The van der Waals surface area contributed by atoms with Crippen LogP contribution in [0, 0.1) is 29.1 Å². The zero-order valence-corrected chi connectivity index (χ0v) is 26.8. The van der Waals surface area contributed by atoms with Gasteiger partial charge in [-0.3, -0.25) is 19.2 Å². The van der Waals surface area contributed by atoms with Gasteiger partial charge in [0.1, 0.15) is 0 Å². The molecule has 0 aromatic rings. The van der Waals surface area contributed by atoms with Gasteiger partial charge in [-0.2, -0.15) is 0 Å². The highest BCUT2D eigenvalue weighted by molar-refractivity contribution is 5.85. The quantitative estimate of drug-likeness (QED) is 0.185. The van der Waals surface area contributed by atoms with Crippen LogP contribution in [0.2, 0.25) is 0 Å². The van der Waals surface area contributed by atoms with E-state index in [0.29, 0.717) is 38.9 Å². The van der Waals surface area contributed by atoms with E-state index in [4.69, 9.17) is 9.47 Å². The summed E-state index contributed by atoms with van der Waals surface area (Å²) in [5.74, 6) is -5.37. The van der Waals surface area contributed by atoms with Crippen LogP contribution in [0.1, 0.15) is 104 Å². The van der Waals surface area contributed by atoms with Crippen LogP contribution >= 0.6 is 0 Å². The molecule has 0 spiro atoms. The minimum Gasteiger partial charge on any atom is -0.481 e. The molecule has 4 saturated carbocycles. The van der Waals surface area contributed by atoms with Gasteiger partial charge in [0.05, 0.1) is 61.3 Å². The molecule has 6 unspecified atom stereocenters. The summed E-state index contributed by atoms with van der Waals surface area (Å²) >= 11 is 0. The fraction of sp³-hybridized carbons (Fsp3) is 0.879. The summed E-state index contributed by atoms with van der Waals surface area (Å²) in [4.78, 5) is 49.0. The second kappa shape index (κ2) is 16.0. The molecular weight excluding hydrogens is 584 g/mol. The fourth-order valence-corrected chi connectivity index (χ4v) is 7.56. The molecule has 256 valence electrons. The van der Waals surface area contributed by atoms with E-state index in [1.165, 1.54) is 0 Å². The normalized spacial score (nSPS) is 36.1. The van der Waals surface area contributed by atoms with Crippen molar-refractivity contribution in [2.45, 2.75) is 140 Å². The van der Waals surface area contributed by atoms with Crippen molar-refractivity contribution in [2.24, 2.45) is 29.1 Å². The lowest BCUT2D eigenvalue weighted by atomic mass is 9.77. The minimum absolute atomic E-state index is 0.0185. The number of aliphatic hydroxyl groups is 2. The van der Waals surface area contributed by atoms with Crippen molar-refractivity contribution in [3.05, 3.63) is 0 Å². The molecule has 0 aromatic carbocycles. The average molecular weight is 639 g/mol. The highest BCUT2D eigenvalue weighted by Crippen LogP contribution is 2.33. The van der Waals surface area contributed by atoms with Gasteiger partial charge in [-0.1, -0.05) is 13.8 Å². The van der Waals surface area contributed by atoms with Gasteiger partial charge in [-0.05, 0) is 89.9 Å². The van der Waals surface area contributed by atoms with Gasteiger partial charge in [0.25, 0.3) is 0 Å². The first-order chi connectivity index (χ1) is 21.3. The molecule has 0 saturated heterocycles. The Hall–Kier alpha value is -2.28. The first-order valence-corrected chi connectivity index (χ1v) is 17.0. The van der Waals surface area contributed by atoms with Gasteiger partial charge in [0, 0.05) is 17.5 Å². The maximum Gasteiger partial charge on any atom is 0.307 e. The van der Waals surface area contributed by atoms with E-state index in [2.05, 4.69) is 24.5 Å².